The van der Waals surface area contributed by atoms with Gasteiger partial charge in [-0.25, -0.2) is 4.68 Å². The van der Waals surface area contributed by atoms with Crippen LogP contribution in [-0.2, 0) is 18.0 Å². The molecule has 1 aromatic carbocycles. The normalized spacial score (nSPS) is 10.8. The molecule has 3 rings (SSSR count). The fourth-order valence-corrected chi connectivity index (χ4v) is 2.57. The first-order valence-corrected chi connectivity index (χ1v) is 8.04. The number of benzene rings is 1. The Morgan fingerprint density at radius 1 is 1.33 bits per heavy atom. The fourth-order valence-electron chi connectivity index (χ4n) is 2.24. The summed E-state index contributed by atoms with van der Waals surface area (Å²) in [6.45, 7) is 0.931. The van der Waals surface area contributed by atoms with Crippen molar-refractivity contribution in [2.75, 3.05) is 12.4 Å². The molecule has 124 valence electrons. The Labute approximate surface area is 147 Å². The van der Waals surface area contributed by atoms with Crippen LogP contribution in [0.25, 0.3) is 0 Å². The molecule has 1 amide bonds. The lowest BCUT2D eigenvalue weighted by atomic mass is 10.2. The Hall–Kier alpha value is -2.45. The van der Waals surface area contributed by atoms with E-state index in [0.29, 0.717) is 24.7 Å². The van der Waals surface area contributed by atoms with E-state index in [4.69, 9.17) is 4.74 Å². The van der Waals surface area contributed by atoms with Crippen LogP contribution < -0.4 is 5.32 Å². The van der Waals surface area contributed by atoms with Gasteiger partial charge in [0.05, 0.1) is 17.2 Å². The van der Waals surface area contributed by atoms with Gasteiger partial charge in [-0.1, -0.05) is 12.1 Å². The first kappa shape index (κ1) is 16.4. The van der Waals surface area contributed by atoms with E-state index in [-0.39, 0.29) is 5.91 Å². The number of amides is 1. The zero-order chi connectivity index (χ0) is 16.9. The maximum absolute atomic E-state index is 12.3. The van der Waals surface area contributed by atoms with E-state index in [1.165, 1.54) is 0 Å². The average molecular weight is 390 g/mol. The van der Waals surface area contributed by atoms with Gasteiger partial charge in [0, 0.05) is 25.2 Å². The maximum atomic E-state index is 12.3. The zero-order valence-electron chi connectivity index (χ0n) is 13.0. The van der Waals surface area contributed by atoms with E-state index in [2.05, 4.69) is 31.4 Å². The third kappa shape index (κ3) is 4.09. The summed E-state index contributed by atoms with van der Waals surface area (Å²) in [5.41, 5.74) is 2.09. The number of anilines is 1. The van der Waals surface area contributed by atoms with Gasteiger partial charge < -0.3 is 10.1 Å². The van der Waals surface area contributed by atoms with Crippen molar-refractivity contribution >= 4 is 27.5 Å². The molecule has 1 N–H and O–H groups in total. The number of carbonyl (C=O) groups excluding carboxylic acids is 1. The number of aromatic nitrogens is 4. The van der Waals surface area contributed by atoms with Gasteiger partial charge in [-0.3, -0.25) is 9.48 Å². The van der Waals surface area contributed by atoms with Gasteiger partial charge in [0.15, 0.2) is 5.69 Å². The predicted octanol–water partition coefficient (Wildman–Crippen LogP) is 2.75. The topological polar surface area (TPSA) is 74.0 Å². The van der Waals surface area contributed by atoms with Crippen molar-refractivity contribution in [1.82, 2.24) is 19.6 Å². The van der Waals surface area contributed by atoms with Gasteiger partial charge in [-0.15, -0.1) is 0 Å². The first-order valence-electron chi connectivity index (χ1n) is 7.24. The molecule has 7 nitrogen and oxygen atoms in total. The molecule has 2 heterocycles. The van der Waals surface area contributed by atoms with Crippen LogP contribution in [0.1, 0.15) is 16.1 Å². The molecule has 0 aliphatic heterocycles. The molecule has 0 spiro atoms. The molecule has 0 unspecified atom stereocenters. The van der Waals surface area contributed by atoms with Crippen molar-refractivity contribution in [2.24, 2.45) is 0 Å². The second-order valence-electron chi connectivity index (χ2n) is 5.17. The number of nitrogens with one attached hydrogen (secondary N) is 1. The van der Waals surface area contributed by atoms with Crippen LogP contribution >= 0.6 is 15.9 Å². The molecule has 0 atom stereocenters. The van der Waals surface area contributed by atoms with Crippen molar-refractivity contribution in [3.8, 4) is 0 Å². The average Bonchev–Trinajstić information content (AvgIpc) is 3.17. The molecule has 0 aliphatic rings. The van der Waals surface area contributed by atoms with Crippen molar-refractivity contribution in [2.45, 2.75) is 13.3 Å². The third-order valence-corrected chi connectivity index (χ3v) is 3.68. The minimum absolute atomic E-state index is 0.260. The largest absolute Gasteiger partial charge is 0.362 e. The minimum atomic E-state index is -0.260. The quantitative estimate of drug-likeness (QED) is 0.703. The van der Waals surface area contributed by atoms with Gasteiger partial charge in [0.2, 0.25) is 0 Å². The molecule has 3 aromatic rings. The Kier molecular flexibility index (Phi) is 5.07. The molecular weight excluding hydrogens is 374 g/mol. The van der Waals surface area contributed by atoms with Gasteiger partial charge in [-0.05, 0) is 39.7 Å². The van der Waals surface area contributed by atoms with Crippen LogP contribution in [0.2, 0.25) is 0 Å². The number of hydrogen-bond donors (Lipinski definition) is 1. The van der Waals surface area contributed by atoms with Gasteiger partial charge in [-0.2, -0.15) is 10.2 Å². The Morgan fingerprint density at radius 3 is 2.96 bits per heavy atom. The summed E-state index contributed by atoms with van der Waals surface area (Å²) in [7, 11) is 1.57. The molecule has 0 saturated heterocycles. The molecule has 0 radical (unpaired) electrons. The number of methoxy groups -OCH3 is 1. The summed E-state index contributed by atoms with van der Waals surface area (Å²) in [6, 6.07) is 9.29. The summed E-state index contributed by atoms with van der Waals surface area (Å²) in [4.78, 5) is 12.3. The van der Waals surface area contributed by atoms with E-state index in [0.717, 1.165) is 10.0 Å². The van der Waals surface area contributed by atoms with Gasteiger partial charge >= 0.3 is 0 Å². The maximum Gasteiger partial charge on any atom is 0.276 e. The van der Waals surface area contributed by atoms with Crippen molar-refractivity contribution in [3.05, 3.63) is 64.7 Å². The van der Waals surface area contributed by atoms with Crippen LogP contribution in [0.5, 0.6) is 0 Å². The summed E-state index contributed by atoms with van der Waals surface area (Å²) in [5, 5.41) is 11.2. The van der Waals surface area contributed by atoms with E-state index in [1.807, 2.05) is 35.1 Å². The number of rotatable bonds is 6. The van der Waals surface area contributed by atoms with Crippen LogP contribution in [-0.4, -0.2) is 32.6 Å². The standard InChI is InChI=1S/C16H16BrN5O2/c1-24-11-21-6-5-15(20-21)16(23)19-14-4-2-3-12(7-14)9-22-10-13(17)8-18-22/h2-8,10H,9,11H2,1H3,(H,19,23). The number of halogens is 1. The molecule has 2 aromatic heterocycles. The summed E-state index contributed by atoms with van der Waals surface area (Å²) < 4.78 is 9.27. The van der Waals surface area contributed by atoms with Crippen molar-refractivity contribution < 1.29 is 9.53 Å². The molecular formula is C16H16BrN5O2. The number of hydrogen-bond acceptors (Lipinski definition) is 4. The minimum Gasteiger partial charge on any atom is -0.362 e. The highest BCUT2D eigenvalue weighted by Crippen LogP contribution is 2.14. The lowest BCUT2D eigenvalue weighted by molar-refractivity contribution is 0.101. The Bertz CT molecular complexity index is 842. The molecule has 0 fully saturated rings. The van der Waals surface area contributed by atoms with Crippen LogP contribution in [0.3, 0.4) is 0 Å². The molecule has 24 heavy (non-hydrogen) atoms. The zero-order valence-corrected chi connectivity index (χ0v) is 14.6. The van der Waals surface area contributed by atoms with E-state index < -0.39 is 0 Å². The predicted molar refractivity (Wildman–Crippen MR) is 92.7 cm³/mol. The van der Waals surface area contributed by atoms with Crippen LogP contribution in [0, 0.1) is 0 Å². The first-order chi connectivity index (χ1) is 11.6. The van der Waals surface area contributed by atoms with E-state index in [9.17, 15) is 4.79 Å². The third-order valence-electron chi connectivity index (χ3n) is 3.27. The Morgan fingerprint density at radius 2 is 2.21 bits per heavy atom. The second-order valence-corrected chi connectivity index (χ2v) is 6.08. The van der Waals surface area contributed by atoms with E-state index in [1.54, 1.807) is 30.3 Å². The molecule has 0 saturated carbocycles. The summed E-state index contributed by atoms with van der Waals surface area (Å²) in [6.07, 6.45) is 5.33. The van der Waals surface area contributed by atoms with Crippen LogP contribution in [0.15, 0.2) is 53.4 Å². The smallest absolute Gasteiger partial charge is 0.276 e. The number of carbonyl (C=O) groups is 1. The molecule has 8 heteroatoms. The van der Waals surface area contributed by atoms with Gasteiger partial charge in [0.25, 0.3) is 5.91 Å². The van der Waals surface area contributed by atoms with E-state index >= 15 is 0 Å². The fraction of sp³-hybridized carbons (Fsp3) is 0.188. The Balaban J connectivity index is 1.68. The second kappa shape index (κ2) is 7.41. The molecule has 0 aliphatic carbocycles. The molecule has 0 bridgehead atoms. The highest BCUT2D eigenvalue weighted by atomic mass is 79.9. The highest BCUT2D eigenvalue weighted by molar-refractivity contribution is 9.10. The van der Waals surface area contributed by atoms with Crippen LogP contribution in [0.4, 0.5) is 5.69 Å². The lowest BCUT2D eigenvalue weighted by Crippen LogP contribution is -2.14. The number of nitrogens with zero attached hydrogens (tertiary/aromatic N) is 4. The van der Waals surface area contributed by atoms with Crippen molar-refractivity contribution in [1.29, 1.82) is 0 Å². The summed E-state index contributed by atoms with van der Waals surface area (Å²) in [5.74, 6) is -0.260. The van der Waals surface area contributed by atoms with Crippen molar-refractivity contribution in [3.63, 3.8) is 0 Å². The monoisotopic (exact) mass is 389 g/mol. The van der Waals surface area contributed by atoms with Gasteiger partial charge in [0.1, 0.15) is 6.73 Å². The SMILES string of the molecule is COCn1ccc(C(=O)Nc2cccc(Cn3cc(Br)cn3)c2)n1. The highest BCUT2D eigenvalue weighted by Gasteiger charge is 2.10. The number of ether oxygens (including phenoxy) is 1. The lowest BCUT2D eigenvalue weighted by Gasteiger charge is -2.07. The summed E-state index contributed by atoms with van der Waals surface area (Å²) >= 11 is 3.37.